The predicted molar refractivity (Wildman–Crippen MR) is 97.3 cm³/mol. The molecule has 7 nitrogen and oxygen atoms in total. The second kappa shape index (κ2) is 8.05. The topological polar surface area (TPSA) is 93.2 Å². The van der Waals surface area contributed by atoms with Gasteiger partial charge in [0.2, 0.25) is 0 Å². The third-order valence-electron chi connectivity index (χ3n) is 3.59. The van der Waals surface area contributed by atoms with E-state index in [-0.39, 0.29) is 11.3 Å². The minimum absolute atomic E-state index is 0.152. The molecule has 0 radical (unpaired) electrons. The van der Waals surface area contributed by atoms with Crippen LogP contribution in [0.25, 0.3) is 0 Å². The monoisotopic (exact) mass is 366 g/mol. The van der Waals surface area contributed by atoms with Gasteiger partial charge in [0.25, 0.3) is 11.8 Å². The molecule has 2 aromatic carbocycles. The quantitative estimate of drug-likeness (QED) is 0.724. The zero-order chi connectivity index (χ0) is 19.2. The van der Waals surface area contributed by atoms with Crippen LogP contribution in [-0.4, -0.2) is 28.9 Å². The van der Waals surface area contributed by atoms with Crippen LogP contribution in [0.3, 0.4) is 0 Å². The standard InChI is InChI=1S/C19H15FN4O3/c1-27-17-6-5-14(23-19(26)16-11-21-7-8-22-16)10-15(17)24-18(25)12-3-2-4-13(20)9-12/h2-11H,1H3,(H,23,26)(H,24,25). The Bertz CT molecular complexity index is 980. The molecule has 1 heterocycles. The van der Waals surface area contributed by atoms with E-state index in [4.69, 9.17) is 4.74 Å². The van der Waals surface area contributed by atoms with Crippen LogP contribution in [0.1, 0.15) is 20.8 Å². The zero-order valence-corrected chi connectivity index (χ0v) is 14.3. The van der Waals surface area contributed by atoms with Crippen molar-refractivity contribution in [3.8, 4) is 5.75 Å². The normalized spacial score (nSPS) is 10.1. The van der Waals surface area contributed by atoms with Crippen molar-refractivity contribution >= 4 is 23.2 Å². The minimum atomic E-state index is -0.514. The molecule has 0 spiro atoms. The molecular formula is C19H15FN4O3. The summed E-state index contributed by atoms with van der Waals surface area (Å²) in [6.07, 6.45) is 4.21. The maximum absolute atomic E-state index is 13.3. The van der Waals surface area contributed by atoms with Crippen LogP contribution in [0.5, 0.6) is 5.75 Å². The smallest absolute Gasteiger partial charge is 0.275 e. The lowest BCUT2D eigenvalue weighted by Crippen LogP contribution is -2.15. The number of halogens is 1. The van der Waals surface area contributed by atoms with Crippen molar-refractivity contribution in [2.45, 2.75) is 0 Å². The van der Waals surface area contributed by atoms with Crippen LogP contribution < -0.4 is 15.4 Å². The van der Waals surface area contributed by atoms with Gasteiger partial charge in [0, 0.05) is 23.6 Å². The third kappa shape index (κ3) is 4.43. The molecule has 0 bridgehead atoms. The van der Waals surface area contributed by atoms with E-state index < -0.39 is 17.6 Å². The van der Waals surface area contributed by atoms with E-state index in [0.717, 1.165) is 6.07 Å². The number of carbonyl (C=O) groups is 2. The molecule has 0 unspecified atom stereocenters. The molecule has 27 heavy (non-hydrogen) atoms. The van der Waals surface area contributed by atoms with Crippen molar-refractivity contribution in [2.24, 2.45) is 0 Å². The number of hydrogen-bond acceptors (Lipinski definition) is 5. The van der Waals surface area contributed by atoms with E-state index >= 15 is 0 Å². The Labute approximate surface area is 154 Å². The molecule has 0 atom stereocenters. The molecule has 1 aromatic heterocycles. The average molecular weight is 366 g/mol. The Balaban J connectivity index is 1.81. The van der Waals surface area contributed by atoms with Crippen LogP contribution in [0.15, 0.2) is 61.1 Å². The number of amides is 2. The molecule has 3 aromatic rings. The third-order valence-corrected chi connectivity index (χ3v) is 3.59. The lowest BCUT2D eigenvalue weighted by Gasteiger charge is -2.13. The molecule has 2 amide bonds. The number of nitrogens with zero attached hydrogens (tertiary/aromatic N) is 2. The van der Waals surface area contributed by atoms with Gasteiger partial charge >= 0.3 is 0 Å². The maximum Gasteiger partial charge on any atom is 0.275 e. The van der Waals surface area contributed by atoms with E-state index in [1.165, 1.54) is 50.0 Å². The first-order valence-corrected chi connectivity index (χ1v) is 7.89. The van der Waals surface area contributed by atoms with Crippen LogP contribution >= 0.6 is 0 Å². The summed E-state index contributed by atoms with van der Waals surface area (Å²) in [7, 11) is 1.45. The number of benzene rings is 2. The lowest BCUT2D eigenvalue weighted by atomic mass is 10.2. The largest absolute Gasteiger partial charge is 0.495 e. The SMILES string of the molecule is COc1ccc(NC(=O)c2cnccn2)cc1NC(=O)c1cccc(F)c1. The summed E-state index contributed by atoms with van der Waals surface area (Å²) in [5.74, 6) is -1.09. The van der Waals surface area contributed by atoms with Crippen LogP contribution in [0, 0.1) is 5.82 Å². The van der Waals surface area contributed by atoms with Crippen molar-refractivity contribution < 1.29 is 18.7 Å². The number of ether oxygens (including phenoxy) is 1. The van der Waals surface area contributed by atoms with Crippen molar-refractivity contribution in [1.82, 2.24) is 9.97 Å². The van der Waals surface area contributed by atoms with Crippen LogP contribution in [0.4, 0.5) is 15.8 Å². The highest BCUT2D eigenvalue weighted by Gasteiger charge is 2.13. The van der Waals surface area contributed by atoms with E-state index in [9.17, 15) is 14.0 Å². The first kappa shape index (κ1) is 18.0. The molecule has 0 aliphatic heterocycles. The fourth-order valence-electron chi connectivity index (χ4n) is 2.32. The molecule has 0 aliphatic rings. The van der Waals surface area contributed by atoms with Gasteiger partial charge in [0.1, 0.15) is 17.3 Å². The van der Waals surface area contributed by atoms with Gasteiger partial charge < -0.3 is 15.4 Å². The summed E-state index contributed by atoms with van der Waals surface area (Å²) in [6, 6.07) is 10.0. The highest BCUT2D eigenvalue weighted by molar-refractivity contribution is 6.06. The van der Waals surface area contributed by atoms with Gasteiger partial charge in [-0.1, -0.05) is 6.07 Å². The fourth-order valence-corrected chi connectivity index (χ4v) is 2.32. The maximum atomic E-state index is 13.3. The number of methoxy groups -OCH3 is 1. The molecule has 8 heteroatoms. The minimum Gasteiger partial charge on any atom is -0.495 e. The average Bonchev–Trinajstić information content (AvgIpc) is 2.69. The van der Waals surface area contributed by atoms with Gasteiger partial charge in [-0.25, -0.2) is 9.37 Å². The second-order valence-corrected chi connectivity index (χ2v) is 5.42. The van der Waals surface area contributed by atoms with Gasteiger partial charge in [0.05, 0.1) is 19.0 Å². The molecule has 0 fully saturated rings. The summed E-state index contributed by atoms with van der Waals surface area (Å²) in [4.78, 5) is 32.3. The summed E-state index contributed by atoms with van der Waals surface area (Å²) in [5.41, 5.74) is 1.05. The van der Waals surface area contributed by atoms with Gasteiger partial charge in [-0.2, -0.15) is 0 Å². The number of aromatic nitrogens is 2. The Kier molecular flexibility index (Phi) is 5.36. The molecule has 0 saturated heterocycles. The van der Waals surface area contributed by atoms with Gasteiger partial charge in [-0.15, -0.1) is 0 Å². The number of rotatable bonds is 5. The second-order valence-electron chi connectivity index (χ2n) is 5.42. The van der Waals surface area contributed by atoms with Crippen molar-refractivity contribution in [3.63, 3.8) is 0 Å². The zero-order valence-electron chi connectivity index (χ0n) is 14.3. The number of carbonyl (C=O) groups excluding carboxylic acids is 2. The number of anilines is 2. The van der Waals surface area contributed by atoms with E-state index in [0.29, 0.717) is 17.1 Å². The van der Waals surface area contributed by atoms with Gasteiger partial charge in [-0.3, -0.25) is 14.6 Å². The lowest BCUT2D eigenvalue weighted by molar-refractivity contribution is 0.101. The van der Waals surface area contributed by atoms with Crippen molar-refractivity contribution in [2.75, 3.05) is 17.7 Å². The van der Waals surface area contributed by atoms with Crippen LogP contribution in [-0.2, 0) is 0 Å². The van der Waals surface area contributed by atoms with Crippen LogP contribution in [0.2, 0.25) is 0 Å². The highest BCUT2D eigenvalue weighted by atomic mass is 19.1. The van der Waals surface area contributed by atoms with Gasteiger partial charge in [-0.05, 0) is 36.4 Å². The Hall–Kier alpha value is -3.81. The molecule has 0 aliphatic carbocycles. The summed E-state index contributed by atoms with van der Waals surface area (Å²) >= 11 is 0. The van der Waals surface area contributed by atoms with E-state index in [1.54, 1.807) is 12.1 Å². The Morgan fingerprint density at radius 3 is 2.59 bits per heavy atom. The number of nitrogens with one attached hydrogen (secondary N) is 2. The molecule has 136 valence electrons. The summed E-state index contributed by atoms with van der Waals surface area (Å²) in [5, 5.41) is 5.31. The highest BCUT2D eigenvalue weighted by Crippen LogP contribution is 2.28. The number of hydrogen-bond donors (Lipinski definition) is 2. The summed E-state index contributed by atoms with van der Waals surface area (Å²) in [6.45, 7) is 0. The van der Waals surface area contributed by atoms with E-state index in [2.05, 4.69) is 20.6 Å². The molecular weight excluding hydrogens is 351 g/mol. The fraction of sp³-hybridized carbons (Fsp3) is 0.0526. The van der Waals surface area contributed by atoms with Crippen molar-refractivity contribution in [1.29, 1.82) is 0 Å². The summed E-state index contributed by atoms with van der Waals surface area (Å²) < 4.78 is 18.5. The molecule has 2 N–H and O–H groups in total. The molecule has 0 saturated carbocycles. The van der Waals surface area contributed by atoms with E-state index in [1.807, 2.05) is 0 Å². The molecule has 3 rings (SSSR count). The first-order chi connectivity index (χ1) is 13.1. The Morgan fingerprint density at radius 2 is 1.89 bits per heavy atom. The predicted octanol–water partition coefficient (Wildman–Crippen LogP) is 3.13. The van der Waals surface area contributed by atoms with Gasteiger partial charge in [0.15, 0.2) is 0 Å². The van der Waals surface area contributed by atoms with Crippen molar-refractivity contribution in [3.05, 3.63) is 78.1 Å². The first-order valence-electron chi connectivity index (χ1n) is 7.89. The Morgan fingerprint density at radius 1 is 1.04 bits per heavy atom.